The molecule has 108 valence electrons. The second-order valence-corrected chi connectivity index (χ2v) is 3.92. The molecular formula is C13H17N3O4. The van der Waals surface area contributed by atoms with Crippen LogP contribution in [-0.2, 0) is 9.53 Å². The largest absolute Gasteiger partial charge is 0.461 e. The van der Waals surface area contributed by atoms with E-state index in [0.717, 1.165) is 6.42 Å². The molecule has 0 bridgehead atoms. The Hall–Kier alpha value is -2.44. The number of carbonyl (C=O) groups is 1. The maximum absolute atomic E-state index is 11.6. The first-order chi connectivity index (χ1) is 9.60. The first-order valence-corrected chi connectivity index (χ1v) is 6.33. The monoisotopic (exact) mass is 279 g/mol. The number of hydrogen-bond donors (Lipinski definition) is 1. The van der Waals surface area contributed by atoms with Gasteiger partial charge in [-0.25, -0.2) is 4.79 Å². The van der Waals surface area contributed by atoms with Crippen molar-refractivity contribution < 1.29 is 14.5 Å². The molecule has 0 unspecified atom stereocenters. The van der Waals surface area contributed by atoms with Crippen LogP contribution in [0, 0.1) is 10.1 Å². The van der Waals surface area contributed by atoms with E-state index in [1.807, 2.05) is 6.92 Å². The third kappa shape index (κ3) is 4.34. The summed E-state index contributed by atoms with van der Waals surface area (Å²) in [6.07, 6.45) is 1.16. The van der Waals surface area contributed by atoms with Crippen molar-refractivity contribution in [2.45, 2.75) is 26.7 Å². The van der Waals surface area contributed by atoms with Crippen molar-refractivity contribution >= 4 is 23.1 Å². The Balaban J connectivity index is 2.92. The van der Waals surface area contributed by atoms with Gasteiger partial charge in [0.05, 0.1) is 11.5 Å². The van der Waals surface area contributed by atoms with Crippen LogP contribution >= 0.6 is 0 Å². The maximum atomic E-state index is 11.6. The summed E-state index contributed by atoms with van der Waals surface area (Å²) in [5.74, 6) is -0.513. The predicted molar refractivity (Wildman–Crippen MR) is 75.7 cm³/mol. The number of carbonyl (C=O) groups excluding carboxylic acids is 1. The first-order valence-electron chi connectivity index (χ1n) is 6.33. The second-order valence-electron chi connectivity index (χ2n) is 3.92. The van der Waals surface area contributed by atoms with Gasteiger partial charge in [-0.1, -0.05) is 25.5 Å². The molecule has 0 heterocycles. The van der Waals surface area contributed by atoms with Crippen molar-refractivity contribution in [2.24, 2.45) is 5.10 Å². The van der Waals surface area contributed by atoms with Gasteiger partial charge >= 0.3 is 5.97 Å². The summed E-state index contributed by atoms with van der Waals surface area (Å²) in [6.45, 7) is 3.86. The molecule has 7 heteroatoms. The van der Waals surface area contributed by atoms with Gasteiger partial charge in [-0.05, 0) is 19.4 Å². The van der Waals surface area contributed by atoms with Crippen molar-refractivity contribution in [3.05, 3.63) is 34.4 Å². The molecule has 0 amide bonds. The second kappa shape index (κ2) is 7.88. The summed E-state index contributed by atoms with van der Waals surface area (Å²) in [5, 5.41) is 14.8. The third-order valence-corrected chi connectivity index (χ3v) is 2.41. The Morgan fingerprint density at radius 2 is 2.10 bits per heavy atom. The molecule has 1 aromatic rings. The molecule has 0 saturated heterocycles. The van der Waals surface area contributed by atoms with Gasteiger partial charge < -0.3 is 4.74 Å². The van der Waals surface area contributed by atoms with Crippen LogP contribution in [0.25, 0.3) is 0 Å². The number of nitrogens with one attached hydrogen (secondary N) is 1. The van der Waals surface area contributed by atoms with Crippen LogP contribution in [0.3, 0.4) is 0 Å². The molecule has 1 rings (SSSR count). The fraction of sp³-hybridized carbons (Fsp3) is 0.385. The van der Waals surface area contributed by atoms with Gasteiger partial charge in [0.2, 0.25) is 0 Å². The van der Waals surface area contributed by atoms with Crippen LogP contribution in [0.2, 0.25) is 0 Å². The summed E-state index contributed by atoms with van der Waals surface area (Å²) in [7, 11) is 0. The minimum absolute atomic E-state index is 0.101. The summed E-state index contributed by atoms with van der Waals surface area (Å²) in [5.41, 5.74) is 2.91. The fourth-order valence-electron chi connectivity index (χ4n) is 1.51. The quantitative estimate of drug-likeness (QED) is 0.358. The number of benzene rings is 1. The molecule has 0 fully saturated rings. The van der Waals surface area contributed by atoms with Crippen molar-refractivity contribution in [1.29, 1.82) is 0 Å². The highest BCUT2D eigenvalue weighted by Crippen LogP contribution is 2.23. The maximum Gasteiger partial charge on any atom is 0.354 e. The van der Waals surface area contributed by atoms with Crippen LogP contribution < -0.4 is 5.43 Å². The molecule has 1 aromatic carbocycles. The topological polar surface area (TPSA) is 93.8 Å². The molecule has 0 aromatic heterocycles. The molecule has 0 aliphatic heterocycles. The van der Waals surface area contributed by atoms with Gasteiger partial charge in [0.25, 0.3) is 5.69 Å². The number of ether oxygens (including phenoxy) is 1. The molecule has 0 atom stereocenters. The van der Waals surface area contributed by atoms with Gasteiger partial charge in [0, 0.05) is 6.07 Å². The summed E-state index contributed by atoms with van der Waals surface area (Å²) in [6, 6.07) is 6.10. The summed E-state index contributed by atoms with van der Waals surface area (Å²) >= 11 is 0. The van der Waals surface area contributed by atoms with E-state index in [2.05, 4.69) is 10.5 Å². The van der Waals surface area contributed by atoms with Gasteiger partial charge in [-0.2, -0.15) is 5.10 Å². The van der Waals surface area contributed by atoms with Crippen LogP contribution in [0.1, 0.15) is 26.7 Å². The Labute approximate surface area is 116 Å². The van der Waals surface area contributed by atoms with Crippen molar-refractivity contribution in [3.63, 3.8) is 0 Å². The molecule has 0 aliphatic rings. The highest BCUT2D eigenvalue weighted by atomic mass is 16.6. The number of nitro groups is 1. The van der Waals surface area contributed by atoms with E-state index in [1.54, 1.807) is 19.1 Å². The first kappa shape index (κ1) is 15.6. The van der Waals surface area contributed by atoms with Crippen LogP contribution in [0.15, 0.2) is 29.4 Å². The molecule has 20 heavy (non-hydrogen) atoms. The normalized spacial score (nSPS) is 11.0. The van der Waals surface area contributed by atoms with Crippen molar-refractivity contribution in [3.8, 4) is 0 Å². The average Bonchev–Trinajstić information content (AvgIpc) is 2.43. The zero-order chi connectivity index (χ0) is 15.0. The summed E-state index contributed by atoms with van der Waals surface area (Å²) in [4.78, 5) is 22.0. The Kier molecular flexibility index (Phi) is 6.15. The molecule has 1 N–H and O–H groups in total. The van der Waals surface area contributed by atoms with Crippen molar-refractivity contribution in [1.82, 2.24) is 0 Å². The summed E-state index contributed by atoms with van der Waals surface area (Å²) < 4.78 is 4.88. The number of hydrazone groups is 1. The van der Waals surface area contributed by atoms with E-state index >= 15 is 0 Å². The lowest BCUT2D eigenvalue weighted by atomic mass is 10.2. The fourth-order valence-corrected chi connectivity index (χ4v) is 1.51. The average molecular weight is 279 g/mol. The Morgan fingerprint density at radius 3 is 2.70 bits per heavy atom. The highest BCUT2D eigenvalue weighted by Gasteiger charge is 2.14. The number of hydrogen-bond acceptors (Lipinski definition) is 6. The van der Waals surface area contributed by atoms with Crippen LogP contribution in [-0.4, -0.2) is 23.2 Å². The van der Waals surface area contributed by atoms with Gasteiger partial charge in [0.15, 0.2) is 0 Å². The van der Waals surface area contributed by atoms with E-state index in [1.165, 1.54) is 12.1 Å². The number of anilines is 1. The number of nitrogens with zero attached hydrogens (tertiary/aromatic N) is 2. The third-order valence-electron chi connectivity index (χ3n) is 2.41. The van der Waals surface area contributed by atoms with E-state index in [9.17, 15) is 14.9 Å². The Bertz CT molecular complexity index is 514. The molecular weight excluding hydrogens is 262 g/mol. The standard InChI is InChI=1S/C13H17N3O4/c1-3-7-11(13(17)20-4-2)15-14-10-8-5-6-9-12(10)16(18)19/h5-6,8-9,14H,3-4,7H2,1-2H3/b15-11-. The number of nitro benzene ring substituents is 1. The Morgan fingerprint density at radius 1 is 1.40 bits per heavy atom. The van der Waals surface area contributed by atoms with Gasteiger partial charge in [0.1, 0.15) is 11.4 Å². The lowest BCUT2D eigenvalue weighted by Gasteiger charge is -2.06. The zero-order valence-corrected chi connectivity index (χ0v) is 11.5. The van der Waals surface area contributed by atoms with Crippen LogP contribution in [0.4, 0.5) is 11.4 Å². The van der Waals surface area contributed by atoms with Crippen LogP contribution in [0.5, 0.6) is 0 Å². The number of para-hydroxylation sites is 2. The minimum atomic E-state index is -0.513. The number of esters is 1. The van der Waals surface area contributed by atoms with E-state index in [4.69, 9.17) is 4.74 Å². The molecule has 0 aliphatic carbocycles. The van der Waals surface area contributed by atoms with E-state index in [0.29, 0.717) is 6.42 Å². The van der Waals surface area contributed by atoms with Crippen molar-refractivity contribution in [2.75, 3.05) is 12.0 Å². The lowest BCUT2D eigenvalue weighted by Crippen LogP contribution is -2.19. The minimum Gasteiger partial charge on any atom is -0.461 e. The highest BCUT2D eigenvalue weighted by molar-refractivity contribution is 6.36. The molecule has 7 nitrogen and oxygen atoms in total. The van der Waals surface area contributed by atoms with Gasteiger partial charge in [-0.15, -0.1) is 0 Å². The van der Waals surface area contributed by atoms with Gasteiger partial charge in [-0.3, -0.25) is 15.5 Å². The zero-order valence-electron chi connectivity index (χ0n) is 11.5. The predicted octanol–water partition coefficient (Wildman–Crippen LogP) is 2.73. The molecule has 0 saturated carbocycles. The molecule has 0 radical (unpaired) electrons. The molecule has 0 spiro atoms. The van der Waals surface area contributed by atoms with E-state index in [-0.39, 0.29) is 23.7 Å². The SMILES string of the molecule is CCC/C(=N/Nc1ccccc1[N+](=O)[O-])C(=O)OCC. The van der Waals surface area contributed by atoms with E-state index < -0.39 is 10.9 Å². The lowest BCUT2D eigenvalue weighted by molar-refractivity contribution is -0.384. The smallest absolute Gasteiger partial charge is 0.354 e. The number of rotatable bonds is 7.